The molecule has 0 aliphatic rings. The molecule has 0 heterocycles. The summed E-state index contributed by atoms with van der Waals surface area (Å²) < 4.78 is 0. The SMILES string of the molecule is CC[C@H](C)[C@@H](N)C(=O)N(C(=O)C[C@H](O)C(C)C)[C@@H](Cc1ccccc1)C(=O)N[C@@H](C)C(=O)O. The second kappa shape index (κ2) is 13.1. The van der Waals surface area contributed by atoms with E-state index in [4.69, 9.17) is 5.73 Å². The van der Waals surface area contributed by atoms with E-state index in [0.29, 0.717) is 12.0 Å². The van der Waals surface area contributed by atoms with E-state index in [1.807, 2.05) is 6.92 Å². The molecular formula is C24H37N3O6. The van der Waals surface area contributed by atoms with Gasteiger partial charge in [0.15, 0.2) is 0 Å². The fourth-order valence-corrected chi connectivity index (χ4v) is 3.13. The first kappa shape index (κ1) is 28.3. The Labute approximate surface area is 195 Å². The standard InChI is InChI=1S/C24H37N3O6/c1-6-15(4)21(25)23(31)27(20(29)13-19(28)14(2)3)18(12-17-10-8-7-9-11-17)22(30)26-16(5)24(32)33/h7-11,14-16,18-19,21,28H,6,12-13,25H2,1-5H3,(H,26,30)(H,32,33)/t15-,16-,18-,19-,21+/m0/s1. The number of benzene rings is 1. The normalized spacial score (nSPS) is 15.8. The van der Waals surface area contributed by atoms with Crippen LogP contribution in [0.1, 0.15) is 53.0 Å². The van der Waals surface area contributed by atoms with Gasteiger partial charge in [0.1, 0.15) is 12.1 Å². The number of aliphatic hydroxyl groups is 1. The van der Waals surface area contributed by atoms with Crippen LogP contribution in [0.5, 0.6) is 0 Å². The topological polar surface area (TPSA) is 150 Å². The van der Waals surface area contributed by atoms with Crippen molar-refractivity contribution >= 4 is 23.7 Å². The highest BCUT2D eigenvalue weighted by Gasteiger charge is 2.39. The molecule has 0 unspecified atom stereocenters. The lowest BCUT2D eigenvalue weighted by atomic mass is 9.95. The molecule has 5 N–H and O–H groups in total. The monoisotopic (exact) mass is 463 g/mol. The largest absolute Gasteiger partial charge is 0.480 e. The highest BCUT2D eigenvalue weighted by atomic mass is 16.4. The van der Waals surface area contributed by atoms with Gasteiger partial charge in [0.25, 0.3) is 0 Å². The van der Waals surface area contributed by atoms with Crippen LogP contribution in [0.4, 0.5) is 0 Å². The molecule has 0 fully saturated rings. The Morgan fingerprint density at radius 1 is 1.06 bits per heavy atom. The van der Waals surface area contributed by atoms with Crippen molar-refractivity contribution in [1.29, 1.82) is 0 Å². The molecule has 0 bridgehead atoms. The maximum atomic E-state index is 13.4. The van der Waals surface area contributed by atoms with Gasteiger partial charge in [-0.3, -0.25) is 24.1 Å². The summed E-state index contributed by atoms with van der Waals surface area (Å²) in [6, 6.07) is 5.18. The molecule has 9 nitrogen and oxygen atoms in total. The first-order valence-electron chi connectivity index (χ1n) is 11.3. The molecule has 1 rings (SSSR count). The van der Waals surface area contributed by atoms with Crippen molar-refractivity contribution in [3.05, 3.63) is 35.9 Å². The zero-order chi connectivity index (χ0) is 25.3. The van der Waals surface area contributed by atoms with Gasteiger partial charge in [-0.25, -0.2) is 0 Å². The van der Waals surface area contributed by atoms with Crippen molar-refractivity contribution < 1.29 is 29.4 Å². The average Bonchev–Trinajstić information content (AvgIpc) is 2.77. The number of carboxylic acids is 1. The summed E-state index contributed by atoms with van der Waals surface area (Å²) in [7, 11) is 0. The van der Waals surface area contributed by atoms with Gasteiger partial charge in [-0.1, -0.05) is 64.4 Å². The number of carboxylic acid groups (broad SMARTS) is 1. The number of rotatable bonds is 12. The average molecular weight is 464 g/mol. The highest BCUT2D eigenvalue weighted by Crippen LogP contribution is 2.18. The number of carbonyl (C=O) groups is 4. The summed E-state index contributed by atoms with van der Waals surface area (Å²) in [6.45, 7) is 8.39. The van der Waals surface area contributed by atoms with Crippen LogP contribution < -0.4 is 11.1 Å². The van der Waals surface area contributed by atoms with Crippen molar-refractivity contribution in [3.8, 4) is 0 Å². The van der Waals surface area contributed by atoms with E-state index >= 15 is 0 Å². The zero-order valence-corrected chi connectivity index (χ0v) is 20.0. The van der Waals surface area contributed by atoms with E-state index in [1.54, 1.807) is 51.1 Å². The van der Waals surface area contributed by atoms with Crippen LogP contribution in [0.2, 0.25) is 0 Å². The number of nitrogens with one attached hydrogen (secondary N) is 1. The Kier molecular flexibility index (Phi) is 11.2. The second-order valence-corrected chi connectivity index (χ2v) is 8.80. The Morgan fingerprint density at radius 3 is 2.12 bits per heavy atom. The lowest BCUT2D eigenvalue weighted by Crippen LogP contribution is -2.60. The third-order valence-electron chi connectivity index (χ3n) is 5.82. The molecule has 1 aromatic rings. The third-order valence-corrected chi connectivity index (χ3v) is 5.82. The molecule has 33 heavy (non-hydrogen) atoms. The number of aliphatic carboxylic acids is 1. The minimum absolute atomic E-state index is 0.0263. The van der Waals surface area contributed by atoms with E-state index in [2.05, 4.69) is 5.32 Å². The lowest BCUT2D eigenvalue weighted by Gasteiger charge is -2.34. The number of aliphatic hydroxyl groups excluding tert-OH is 1. The summed E-state index contributed by atoms with van der Waals surface area (Å²) >= 11 is 0. The van der Waals surface area contributed by atoms with Gasteiger partial charge >= 0.3 is 5.97 Å². The fourth-order valence-electron chi connectivity index (χ4n) is 3.13. The predicted octanol–water partition coefficient (Wildman–Crippen LogP) is 1.32. The summed E-state index contributed by atoms with van der Waals surface area (Å²) in [5.74, 6) is -4.02. The Bertz CT molecular complexity index is 814. The second-order valence-electron chi connectivity index (χ2n) is 8.80. The quantitative estimate of drug-likeness (QED) is 0.365. The molecule has 0 radical (unpaired) electrons. The number of carbonyl (C=O) groups excluding carboxylic acids is 3. The summed E-state index contributed by atoms with van der Waals surface area (Å²) in [4.78, 5) is 51.9. The zero-order valence-electron chi connectivity index (χ0n) is 20.0. The number of nitrogens with zero attached hydrogens (tertiary/aromatic N) is 1. The molecule has 0 aromatic heterocycles. The molecule has 9 heteroatoms. The molecule has 184 valence electrons. The van der Waals surface area contributed by atoms with E-state index in [1.165, 1.54) is 6.92 Å². The Morgan fingerprint density at radius 2 is 1.64 bits per heavy atom. The van der Waals surface area contributed by atoms with Crippen molar-refractivity contribution in [2.75, 3.05) is 0 Å². The van der Waals surface area contributed by atoms with Crippen molar-refractivity contribution in [3.63, 3.8) is 0 Å². The molecule has 0 aliphatic heterocycles. The van der Waals surface area contributed by atoms with Gasteiger partial charge in [-0.15, -0.1) is 0 Å². The van der Waals surface area contributed by atoms with Gasteiger partial charge in [-0.2, -0.15) is 0 Å². The maximum absolute atomic E-state index is 13.4. The smallest absolute Gasteiger partial charge is 0.325 e. The Hall–Kier alpha value is -2.78. The first-order valence-corrected chi connectivity index (χ1v) is 11.3. The minimum Gasteiger partial charge on any atom is -0.480 e. The number of hydrogen-bond acceptors (Lipinski definition) is 6. The summed E-state index contributed by atoms with van der Waals surface area (Å²) in [6.07, 6.45) is -0.841. The third kappa shape index (κ3) is 8.25. The number of imide groups is 1. The fraction of sp³-hybridized carbons (Fsp3) is 0.583. The molecule has 3 amide bonds. The molecule has 0 spiro atoms. The van der Waals surface area contributed by atoms with Gasteiger partial charge < -0.3 is 21.3 Å². The van der Waals surface area contributed by atoms with Gasteiger partial charge in [0, 0.05) is 6.42 Å². The number of amides is 3. The number of hydrogen-bond donors (Lipinski definition) is 4. The van der Waals surface area contributed by atoms with Crippen LogP contribution in [-0.4, -0.2) is 63.0 Å². The van der Waals surface area contributed by atoms with Crippen LogP contribution in [0, 0.1) is 11.8 Å². The van der Waals surface area contributed by atoms with Gasteiger partial charge in [0.2, 0.25) is 17.7 Å². The van der Waals surface area contributed by atoms with Gasteiger partial charge in [0.05, 0.1) is 18.6 Å². The Balaban J connectivity index is 3.46. The minimum atomic E-state index is -1.33. The van der Waals surface area contributed by atoms with Crippen molar-refractivity contribution in [1.82, 2.24) is 10.2 Å². The molecule has 0 aliphatic carbocycles. The maximum Gasteiger partial charge on any atom is 0.325 e. The van der Waals surface area contributed by atoms with Crippen LogP contribution in [0.25, 0.3) is 0 Å². The lowest BCUT2D eigenvalue weighted by molar-refractivity contribution is -0.155. The van der Waals surface area contributed by atoms with E-state index in [9.17, 15) is 29.4 Å². The van der Waals surface area contributed by atoms with E-state index in [-0.39, 0.29) is 24.7 Å². The first-order chi connectivity index (χ1) is 15.4. The summed E-state index contributed by atoms with van der Waals surface area (Å²) in [5.41, 5.74) is 6.82. The molecule has 5 atom stereocenters. The molecule has 0 saturated carbocycles. The van der Waals surface area contributed by atoms with E-state index in [0.717, 1.165) is 4.90 Å². The van der Waals surface area contributed by atoms with E-state index < -0.39 is 47.9 Å². The molecule has 0 saturated heterocycles. The van der Waals surface area contributed by atoms with Crippen LogP contribution in [0.15, 0.2) is 30.3 Å². The predicted molar refractivity (Wildman–Crippen MR) is 124 cm³/mol. The summed E-state index contributed by atoms with van der Waals surface area (Å²) in [5, 5.41) is 21.9. The molecular weight excluding hydrogens is 426 g/mol. The van der Waals surface area contributed by atoms with Crippen molar-refractivity contribution in [2.45, 2.75) is 78.1 Å². The van der Waals surface area contributed by atoms with Crippen LogP contribution >= 0.6 is 0 Å². The van der Waals surface area contributed by atoms with Crippen LogP contribution in [0.3, 0.4) is 0 Å². The van der Waals surface area contributed by atoms with Gasteiger partial charge in [-0.05, 0) is 24.3 Å². The number of nitrogens with two attached hydrogens (primary N) is 1. The molecule has 1 aromatic carbocycles. The highest BCUT2D eigenvalue weighted by molar-refractivity contribution is 6.03. The van der Waals surface area contributed by atoms with Crippen molar-refractivity contribution in [2.24, 2.45) is 17.6 Å². The van der Waals surface area contributed by atoms with Crippen LogP contribution in [-0.2, 0) is 25.6 Å².